The molecule has 1 N–H and O–H groups in total. The highest BCUT2D eigenvalue weighted by Gasteiger charge is 2.20. The van der Waals surface area contributed by atoms with E-state index >= 15 is 0 Å². The molecule has 112 valence electrons. The van der Waals surface area contributed by atoms with Crippen LogP contribution in [0.2, 0.25) is 0 Å². The largest absolute Gasteiger partial charge is 0.312 e. The number of hydrogen-bond acceptors (Lipinski definition) is 5. The van der Waals surface area contributed by atoms with Crippen LogP contribution in [0.25, 0.3) is 10.2 Å². The monoisotopic (exact) mass is 304 g/mol. The number of aromatic nitrogens is 2. The fourth-order valence-electron chi connectivity index (χ4n) is 3.36. The number of rotatable bonds is 3. The van der Waals surface area contributed by atoms with Crippen molar-refractivity contribution in [2.45, 2.75) is 32.4 Å². The number of nitrogens with one attached hydrogen (secondary N) is 1. The molecular weight excluding hydrogens is 284 g/mol. The molecule has 4 heterocycles. The fourth-order valence-corrected chi connectivity index (χ4v) is 4.51. The van der Waals surface area contributed by atoms with Gasteiger partial charge in [-0.3, -0.25) is 9.36 Å². The van der Waals surface area contributed by atoms with E-state index in [1.807, 2.05) is 0 Å². The van der Waals surface area contributed by atoms with Crippen molar-refractivity contribution in [1.82, 2.24) is 19.8 Å². The summed E-state index contributed by atoms with van der Waals surface area (Å²) in [6.07, 6.45) is 5.26. The van der Waals surface area contributed by atoms with Gasteiger partial charge < -0.3 is 10.2 Å². The molecule has 0 amide bonds. The predicted octanol–water partition coefficient (Wildman–Crippen LogP) is 1.20. The van der Waals surface area contributed by atoms with Gasteiger partial charge in [-0.25, -0.2) is 4.98 Å². The van der Waals surface area contributed by atoms with Crippen molar-refractivity contribution in [2.24, 2.45) is 0 Å². The zero-order valence-electron chi connectivity index (χ0n) is 12.1. The van der Waals surface area contributed by atoms with Crippen LogP contribution in [0, 0.1) is 0 Å². The molecule has 0 atom stereocenters. The maximum Gasteiger partial charge on any atom is 0.262 e. The second kappa shape index (κ2) is 5.51. The first-order valence-corrected chi connectivity index (χ1v) is 8.57. The molecule has 0 saturated carbocycles. The molecule has 6 heteroatoms. The Kier molecular flexibility index (Phi) is 3.52. The molecule has 2 aromatic heterocycles. The van der Waals surface area contributed by atoms with E-state index in [-0.39, 0.29) is 5.56 Å². The van der Waals surface area contributed by atoms with E-state index in [4.69, 9.17) is 0 Å². The Labute approximate surface area is 127 Å². The van der Waals surface area contributed by atoms with Gasteiger partial charge in [0.05, 0.1) is 11.7 Å². The van der Waals surface area contributed by atoms with Crippen molar-refractivity contribution in [2.75, 3.05) is 26.2 Å². The summed E-state index contributed by atoms with van der Waals surface area (Å²) in [7, 11) is 0. The third-order valence-electron chi connectivity index (χ3n) is 4.55. The van der Waals surface area contributed by atoms with Gasteiger partial charge in [0.15, 0.2) is 0 Å². The van der Waals surface area contributed by atoms with Crippen LogP contribution >= 0.6 is 11.3 Å². The van der Waals surface area contributed by atoms with E-state index < -0.39 is 0 Å². The molecule has 0 radical (unpaired) electrons. The second-order valence-electron chi connectivity index (χ2n) is 5.90. The van der Waals surface area contributed by atoms with Crippen molar-refractivity contribution in [3.8, 4) is 0 Å². The van der Waals surface area contributed by atoms with Gasteiger partial charge >= 0.3 is 0 Å². The van der Waals surface area contributed by atoms with E-state index in [1.54, 1.807) is 22.2 Å². The highest BCUT2D eigenvalue weighted by Crippen LogP contribution is 2.29. The van der Waals surface area contributed by atoms with Gasteiger partial charge in [0.2, 0.25) is 0 Å². The molecule has 2 aromatic rings. The average molecular weight is 304 g/mol. The van der Waals surface area contributed by atoms with Crippen LogP contribution in [0.3, 0.4) is 0 Å². The third kappa shape index (κ3) is 2.41. The molecule has 4 rings (SSSR count). The molecule has 21 heavy (non-hydrogen) atoms. The summed E-state index contributed by atoms with van der Waals surface area (Å²) < 4.78 is 1.80. The summed E-state index contributed by atoms with van der Waals surface area (Å²) in [6.45, 7) is 5.89. The SMILES string of the molecule is O=c1c2c3c(sc2ncn1CCN1CCCC1)CNCC3. The first-order valence-electron chi connectivity index (χ1n) is 7.76. The number of hydrogen-bond donors (Lipinski definition) is 1. The summed E-state index contributed by atoms with van der Waals surface area (Å²) in [4.78, 5) is 21.9. The van der Waals surface area contributed by atoms with E-state index in [0.717, 1.165) is 42.8 Å². The lowest BCUT2D eigenvalue weighted by molar-refractivity contribution is 0.320. The van der Waals surface area contributed by atoms with Crippen molar-refractivity contribution in [3.63, 3.8) is 0 Å². The smallest absolute Gasteiger partial charge is 0.262 e. The molecular formula is C15H20N4OS. The standard InChI is InChI=1S/C15H20N4OS/c20-15-13-11-3-4-16-9-12(11)21-14(13)17-10-19(15)8-7-18-5-1-2-6-18/h10,16H,1-9H2. The van der Waals surface area contributed by atoms with Crippen molar-refractivity contribution in [1.29, 1.82) is 0 Å². The van der Waals surface area contributed by atoms with Crippen LogP contribution in [0.1, 0.15) is 23.3 Å². The topological polar surface area (TPSA) is 50.2 Å². The Bertz CT molecular complexity index is 714. The lowest BCUT2D eigenvalue weighted by atomic mass is 10.1. The van der Waals surface area contributed by atoms with Crippen LogP contribution in [-0.4, -0.2) is 40.6 Å². The lowest BCUT2D eigenvalue weighted by Gasteiger charge is -2.15. The van der Waals surface area contributed by atoms with Crippen LogP contribution in [-0.2, 0) is 19.5 Å². The minimum absolute atomic E-state index is 0.151. The quantitative estimate of drug-likeness (QED) is 0.926. The molecule has 0 aromatic carbocycles. The summed E-state index contributed by atoms with van der Waals surface area (Å²) in [5, 5.41) is 4.24. The number of likely N-dealkylation sites (tertiary alicyclic amines) is 1. The zero-order chi connectivity index (χ0) is 14.2. The Morgan fingerprint density at radius 1 is 1.29 bits per heavy atom. The van der Waals surface area contributed by atoms with Crippen LogP contribution < -0.4 is 10.9 Å². The van der Waals surface area contributed by atoms with Gasteiger partial charge in [-0.15, -0.1) is 11.3 Å². The van der Waals surface area contributed by atoms with Crippen molar-refractivity contribution < 1.29 is 0 Å². The molecule has 5 nitrogen and oxygen atoms in total. The average Bonchev–Trinajstić information content (AvgIpc) is 3.13. The maximum absolute atomic E-state index is 12.8. The van der Waals surface area contributed by atoms with Gasteiger partial charge in [0.25, 0.3) is 5.56 Å². The third-order valence-corrected chi connectivity index (χ3v) is 5.69. The Morgan fingerprint density at radius 2 is 2.14 bits per heavy atom. The van der Waals surface area contributed by atoms with E-state index in [9.17, 15) is 4.79 Å². The Balaban J connectivity index is 1.66. The first-order chi connectivity index (χ1) is 10.3. The summed E-state index contributed by atoms with van der Waals surface area (Å²) in [6, 6.07) is 0. The van der Waals surface area contributed by atoms with Gasteiger partial charge in [0, 0.05) is 24.5 Å². The van der Waals surface area contributed by atoms with Crippen molar-refractivity contribution >= 4 is 21.6 Å². The van der Waals surface area contributed by atoms with Gasteiger partial charge in [-0.1, -0.05) is 0 Å². The van der Waals surface area contributed by atoms with Gasteiger partial charge in [0.1, 0.15) is 4.83 Å². The van der Waals surface area contributed by atoms with E-state index in [0.29, 0.717) is 0 Å². The molecule has 1 saturated heterocycles. The number of thiophene rings is 1. The maximum atomic E-state index is 12.8. The molecule has 0 spiro atoms. The zero-order valence-corrected chi connectivity index (χ0v) is 12.9. The molecule has 2 aliphatic heterocycles. The fraction of sp³-hybridized carbons (Fsp3) is 0.600. The van der Waals surface area contributed by atoms with Crippen LogP contribution in [0.15, 0.2) is 11.1 Å². The highest BCUT2D eigenvalue weighted by molar-refractivity contribution is 7.18. The number of nitrogens with zero attached hydrogens (tertiary/aromatic N) is 3. The Morgan fingerprint density at radius 3 is 3.00 bits per heavy atom. The molecule has 0 aliphatic carbocycles. The minimum Gasteiger partial charge on any atom is -0.312 e. The van der Waals surface area contributed by atoms with Crippen LogP contribution in [0.4, 0.5) is 0 Å². The van der Waals surface area contributed by atoms with Crippen molar-refractivity contribution in [3.05, 3.63) is 27.1 Å². The normalized spacial score (nSPS) is 19.2. The summed E-state index contributed by atoms with van der Waals surface area (Å²) in [5.74, 6) is 0. The Hall–Kier alpha value is -1.24. The van der Waals surface area contributed by atoms with Crippen LogP contribution in [0.5, 0.6) is 0 Å². The minimum atomic E-state index is 0.151. The van der Waals surface area contributed by atoms with E-state index in [1.165, 1.54) is 36.4 Å². The molecule has 1 fully saturated rings. The predicted molar refractivity (Wildman–Crippen MR) is 85.0 cm³/mol. The van der Waals surface area contributed by atoms with Gasteiger partial charge in [-0.2, -0.15) is 0 Å². The molecule has 2 aliphatic rings. The first kappa shape index (κ1) is 13.4. The molecule has 0 bridgehead atoms. The van der Waals surface area contributed by atoms with E-state index in [2.05, 4.69) is 15.2 Å². The summed E-state index contributed by atoms with van der Waals surface area (Å²) >= 11 is 1.67. The second-order valence-corrected chi connectivity index (χ2v) is 6.99. The van der Waals surface area contributed by atoms with Gasteiger partial charge in [-0.05, 0) is 44.5 Å². The lowest BCUT2D eigenvalue weighted by Crippen LogP contribution is -2.30. The highest BCUT2D eigenvalue weighted by atomic mass is 32.1. The number of fused-ring (bicyclic) bond motifs is 3. The summed E-state index contributed by atoms with van der Waals surface area (Å²) in [5.41, 5.74) is 1.39. The molecule has 0 unspecified atom stereocenters.